The maximum Gasteiger partial charge on any atom is 0.302 e. The standard InChI is InChI=1S/C20H25N5O4.BrH/c1-14(26)25-19(28)17-18(22-20(25)21)23(10-6-7-11-29-15(2)27)13-24(17)12-16-8-4-3-5-9-16;/h3-5,8-9H,6-7,10-13H2,1-2H3,(H2,21,22);1H. The first-order chi connectivity index (χ1) is 13.9. The van der Waals surface area contributed by atoms with Crippen molar-refractivity contribution >= 4 is 46.3 Å². The molecule has 0 fully saturated rings. The van der Waals surface area contributed by atoms with Crippen LogP contribution < -0.4 is 21.1 Å². The Morgan fingerprint density at radius 1 is 1.13 bits per heavy atom. The van der Waals surface area contributed by atoms with Crippen LogP contribution in [-0.4, -0.2) is 41.2 Å². The van der Waals surface area contributed by atoms with E-state index in [0.717, 1.165) is 16.6 Å². The van der Waals surface area contributed by atoms with E-state index in [2.05, 4.69) is 4.98 Å². The summed E-state index contributed by atoms with van der Waals surface area (Å²) in [7, 11) is 0. The highest BCUT2D eigenvalue weighted by Gasteiger charge is 2.32. The molecule has 1 aliphatic heterocycles. The first-order valence-corrected chi connectivity index (χ1v) is 9.49. The molecule has 0 saturated carbocycles. The van der Waals surface area contributed by atoms with Crippen LogP contribution in [0.2, 0.25) is 0 Å². The third kappa shape index (κ3) is 5.18. The third-order valence-corrected chi connectivity index (χ3v) is 4.68. The number of nitrogen functional groups attached to an aromatic ring is 1. The average molecular weight is 480 g/mol. The van der Waals surface area contributed by atoms with E-state index in [1.807, 2.05) is 40.1 Å². The van der Waals surface area contributed by atoms with Gasteiger partial charge < -0.3 is 20.3 Å². The minimum absolute atomic E-state index is 0. The minimum Gasteiger partial charge on any atom is -0.466 e. The number of esters is 1. The first kappa shape index (κ1) is 23.4. The molecular formula is C20H26BrN5O4. The van der Waals surface area contributed by atoms with Crippen molar-refractivity contribution in [3.05, 3.63) is 46.2 Å². The van der Waals surface area contributed by atoms with Crippen LogP contribution in [0.15, 0.2) is 35.1 Å². The minimum atomic E-state index is -0.470. The highest BCUT2D eigenvalue weighted by Crippen LogP contribution is 2.33. The van der Waals surface area contributed by atoms with Crippen LogP contribution in [0.1, 0.15) is 37.0 Å². The summed E-state index contributed by atoms with van der Waals surface area (Å²) >= 11 is 0. The fourth-order valence-corrected chi connectivity index (χ4v) is 3.39. The molecule has 0 atom stereocenters. The molecule has 1 aromatic carbocycles. The van der Waals surface area contributed by atoms with E-state index in [4.69, 9.17) is 10.5 Å². The number of benzene rings is 1. The highest BCUT2D eigenvalue weighted by molar-refractivity contribution is 8.93. The molecule has 0 saturated heterocycles. The molecule has 10 heteroatoms. The van der Waals surface area contributed by atoms with Crippen molar-refractivity contribution in [3.63, 3.8) is 0 Å². The second-order valence-electron chi connectivity index (χ2n) is 6.94. The van der Waals surface area contributed by atoms with E-state index in [0.29, 0.717) is 44.3 Å². The summed E-state index contributed by atoms with van der Waals surface area (Å²) in [5.74, 6) is -0.409. The monoisotopic (exact) mass is 479 g/mol. The zero-order valence-electron chi connectivity index (χ0n) is 17.0. The number of aromatic nitrogens is 2. The highest BCUT2D eigenvalue weighted by atomic mass is 79.9. The lowest BCUT2D eigenvalue weighted by molar-refractivity contribution is -0.141. The summed E-state index contributed by atoms with van der Waals surface area (Å²) in [5.41, 5.74) is 6.85. The Kier molecular flexibility index (Phi) is 7.99. The maximum atomic E-state index is 13.0. The number of carbonyl (C=O) groups excluding carboxylic acids is 2. The number of fused-ring (bicyclic) bond motifs is 1. The molecule has 30 heavy (non-hydrogen) atoms. The third-order valence-electron chi connectivity index (χ3n) is 4.68. The lowest BCUT2D eigenvalue weighted by atomic mass is 10.2. The number of nitrogens with two attached hydrogens (primary N) is 1. The lowest BCUT2D eigenvalue weighted by Crippen LogP contribution is -2.34. The number of unbranched alkanes of at least 4 members (excludes halogenated alkanes) is 1. The number of hydrogen-bond acceptors (Lipinski definition) is 8. The summed E-state index contributed by atoms with van der Waals surface area (Å²) in [5, 5.41) is 0. The average Bonchev–Trinajstić information content (AvgIpc) is 2.99. The molecular weight excluding hydrogens is 454 g/mol. The molecule has 2 heterocycles. The van der Waals surface area contributed by atoms with Gasteiger partial charge in [0.25, 0.3) is 5.56 Å². The van der Waals surface area contributed by atoms with Crippen molar-refractivity contribution in [1.82, 2.24) is 9.55 Å². The maximum absolute atomic E-state index is 13.0. The number of halogens is 1. The van der Waals surface area contributed by atoms with E-state index < -0.39 is 11.5 Å². The molecule has 0 bridgehead atoms. The van der Waals surface area contributed by atoms with E-state index in [9.17, 15) is 14.4 Å². The summed E-state index contributed by atoms with van der Waals surface area (Å²) in [4.78, 5) is 44.0. The molecule has 0 aliphatic carbocycles. The topological polar surface area (TPSA) is 111 Å². The Morgan fingerprint density at radius 3 is 2.47 bits per heavy atom. The number of ether oxygens (including phenoxy) is 1. The number of anilines is 3. The predicted molar refractivity (Wildman–Crippen MR) is 120 cm³/mol. The molecule has 0 unspecified atom stereocenters. The molecule has 3 rings (SSSR count). The Bertz CT molecular complexity index is 964. The van der Waals surface area contributed by atoms with E-state index >= 15 is 0 Å². The molecule has 1 aromatic heterocycles. The van der Waals surface area contributed by atoms with Gasteiger partial charge in [-0.3, -0.25) is 14.4 Å². The van der Waals surface area contributed by atoms with Crippen LogP contribution in [0.3, 0.4) is 0 Å². The summed E-state index contributed by atoms with van der Waals surface area (Å²) in [6.45, 7) is 4.61. The molecule has 9 nitrogen and oxygen atoms in total. The zero-order valence-corrected chi connectivity index (χ0v) is 18.7. The van der Waals surface area contributed by atoms with Crippen molar-refractivity contribution in [3.8, 4) is 0 Å². The van der Waals surface area contributed by atoms with E-state index in [1.165, 1.54) is 13.8 Å². The van der Waals surface area contributed by atoms with Crippen LogP contribution in [-0.2, 0) is 16.1 Å². The van der Waals surface area contributed by atoms with Crippen LogP contribution in [0.4, 0.5) is 17.5 Å². The summed E-state index contributed by atoms with van der Waals surface area (Å²) in [6, 6.07) is 9.77. The van der Waals surface area contributed by atoms with Gasteiger partial charge in [-0.2, -0.15) is 4.98 Å². The lowest BCUT2D eigenvalue weighted by Gasteiger charge is -2.21. The molecule has 162 valence electrons. The fraction of sp³-hybridized carbons (Fsp3) is 0.400. The largest absolute Gasteiger partial charge is 0.466 e. The molecule has 0 spiro atoms. The summed E-state index contributed by atoms with van der Waals surface area (Å²) < 4.78 is 5.87. The van der Waals surface area contributed by atoms with Crippen LogP contribution in [0.25, 0.3) is 0 Å². The normalized spacial score (nSPS) is 12.3. The second kappa shape index (κ2) is 10.2. The van der Waals surface area contributed by atoms with E-state index in [-0.39, 0.29) is 28.9 Å². The van der Waals surface area contributed by atoms with Crippen LogP contribution in [0.5, 0.6) is 0 Å². The van der Waals surface area contributed by atoms with Gasteiger partial charge in [-0.25, -0.2) is 4.57 Å². The molecule has 1 aliphatic rings. The number of rotatable bonds is 7. The van der Waals surface area contributed by atoms with Gasteiger partial charge in [0.15, 0.2) is 5.82 Å². The van der Waals surface area contributed by atoms with Crippen molar-refractivity contribution in [2.75, 3.05) is 35.4 Å². The number of hydrogen-bond donors (Lipinski definition) is 1. The van der Waals surface area contributed by atoms with Gasteiger partial charge in [-0.15, -0.1) is 17.0 Å². The van der Waals surface area contributed by atoms with Crippen molar-refractivity contribution in [2.45, 2.75) is 33.2 Å². The fourth-order valence-electron chi connectivity index (χ4n) is 3.39. The smallest absolute Gasteiger partial charge is 0.302 e. The Hall–Kier alpha value is -2.88. The van der Waals surface area contributed by atoms with Crippen molar-refractivity contribution in [2.24, 2.45) is 0 Å². The SMILES string of the molecule is Br.CC(=O)OCCCCN1CN(Cc2ccccc2)c2c1nc(N)n(C(C)=O)c2=O. The van der Waals surface area contributed by atoms with Crippen molar-refractivity contribution < 1.29 is 14.3 Å². The Morgan fingerprint density at radius 2 is 1.83 bits per heavy atom. The van der Waals surface area contributed by atoms with Gasteiger partial charge >= 0.3 is 5.97 Å². The zero-order chi connectivity index (χ0) is 21.0. The molecule has 0 amide bonds. The summed E-state index contributed by atoms with van der Waals surface area (Å²) in [6.07, 6.45) is 1.45. The van der Waals surface area contributed by atoms with Gasteiger partial charge in [-0.1, -0.05) is 30.3 Å². The van der Waals surface area contributed by atoms with Gasteiger partial charge in [0.1, 0.15) is 5.69 Å². The van der Waals surface area contributed by atoms with Crippen LogP contribution >= 0.6 is 17.0 Å². The molecule has 2 aromatic rings. The molecule has 0 radical (unpaired) electrons. The van der Waals surface area contributed by atoms with E-state index in [1.54, 1.807) is 0 Å². The van der Waals surface area contributed by atoms with Gasteiger partial charge in [0.05, 0.1) is 13.3 Å². The Labute approximate surface area is 185 Å². The van der Waals surface area contributed by atoms with Gasteiger partial charge in [-0.05, 0) is 18.4 Å². The Balaban J connectivity index is 0.00000320. The van der Waals surface area contributed by atoms with Gasteiger partial charge in [0, 0.05) is 26.9 Å². The predicted octanol–water partition coefficient (Wildman–Crippen LogP) is 2.19. The van der Waals surface area contributed by atoms with Gasteiger partial charge in [0.2, 0.25) is 11.9 Å². The van der Waals surface area contributed by atoms with Crippen molar-refractivity contribution in [1.29, 1.82) is 0 Å². The first-order valence-electron chi connectivity index (χ1n) is 9.49. The quantitative estimate of drug-likeness (QED) is 0.475. The van der Waals surface area contributed by atoms with Crippen LogP contribution in [0, 0.1) is 0 Å². The number of carbonyl (C=O) groups is 2. The number of nitrogens with zero attached hydrogens (tertiary/aromatic N) is 4. The molecule has 2 N–H and O–H groups in total. The second-order valence-corrected chi connectivity index (χ2v) is 6.94.